The molecule has 0 unspecified atom stereocenters. The quantitative estimate of drug-likeness (QED) is 0.398. The molecule has 4 rings (SSSR count). The van der Waals surface area contributed by atoms with Crippen molar-refractivity contribution in [2.75, 3.05) is 5.32 Å². The molecule has 1 heterocycles. The molecule has 1 N–H and O–H groups in total. The molecule has 0 radical (unpaired) electrons. The molecule has 138 valence electrons. The highest BCUT2D eigenvalue weighted by molar-refractivity contribution is 6.00. The maximum Gasteiger partial charge on any atom is 0.307 e. The van der Waals surface area contributed by atoms with Crippen molar-refractivity contribution in [1.82, 2.24) is 10.3 Å². The van der Waals surface area contributed by atoms with Crippen LogP contribution in [-0.2, 0) is 0 Å². The summed E-state index contributed by atoms with van der Waals surface area (Å²) in [7, 11) is 0. The smallest absolute Gasteiger partial charge is 0.307 e. The molecule has 0 amide bonds. The maximum absolute atomic E-state index is 11.5. The summed E-state index contributed by atoms with van der Waals surface area (Å²) < 4.78 is 4.58. The molecule has 10 nitrogen and oxygen atoms in total. The molecule has 0 saturated carbocycles. The molecule has 0 fully saturated rings. The summed E-state index contributed by atoms with van der Waals surface area (Å²) in [6, 6.07) is 17.7. The van der Waals surface area contributed by atoms with Gasteiger partial charge >= 0.3 is 11.4 Å². The molecule has 28 heavy (non-hydrogen) atoms. The Kier molecular flexibility index (Phi) is 4.13. The number of hydrogen-bond donors (Lipinski definition) is 1. The van der Waals surface area contributed by atoms with Gasteiger partial charge in [-0.15, -0.1) is 0 Å². The highest BCUT2D eigenvalue weighted by Crippen LogP contribution is 2.39. The minimum Gasteiger partial charge on any atom is -0.348 e. The van der Waals surface area contributed by atoms with Crippen LogP contribution in [0.1, 0.15) is 0 Å². The first-order valence-corrected chi connectivity index (χ1v) is 8.05. The molecule has 0 atom stereocenters. The average molecular weight is 377 g/mol. The van der Waals surface area contributed by atoms with E-state index < -0.39 is 21.2 Å². The molecular formula is C18H11N5O5. The average Bonchev–Trinajstić information content (AvgIpc) is 3.19. The van der Waals surface area contributed by atoms with Crippen molar-refractivity contribution < 1.29 is 14.5 Å². The van der Waals surface area contributed by atoms with Crippen LogP contribution in [0.2, 0.25) is 0 Å². The molecule has 1 aromatic heterocycles. The van der Waals surface area contributed by atoms with Crippen LogP contribution in [0, 0.1) is 20.2 Å². The van der Waals surface area contributed by atoms with Crippen LogP contribution in [-0.4, -0.2) is 20.2 Å². The zero-order valence-corrected chi connectivity index (χ0v) is 14.1. The third kappa shape index (κ3) is 2.98. The van der Waals surface area contributed by atoms with Gasteiger partial charge < -0.3 is 5.32 Å². The second-order valence-corrected chi connectivity index (χ2v) is 5.83. The van der Waals surface area contributed by atoms with Crippen LogP contribution in [0.15, 0.2) is 65.3 Å². The Morgan fingerprint density at radius 3 is 2.04 bits per heavy atom. The fourth-order valence-corrected chi connectivity index (χ4v) is 2.84. The molecular weight excluding hydrogens is 366 g/mol. The summed E-state index contributed by atoms with van der Waals surface area (Å²) >= 11 is 0. The number of hydrogen-bond acceptors (Lipinski definition) is 8. The lowest BCUT2D eigenvalue weighted by molar-refractivity contribution is -0.392. The van der Waals surface area contributed by atoms with E-state index in [1.54, 1.807) is 12.1 Å². The van der Waals surface area contributed by atoms with Crippen LogP contribution >= 0.6 is 0 Å². The maximum atomic E-state index is 11.5. The molecule has 0 aliphatic rings. The van der Waals surface area contributed by atoms with Gasteiger partial charge in [-0.2, -0.15) is 0 Å². The van der Waals surface area contributed by atoms with Crippen LogP contribution in [0.3, 0.4) is 0 Å². The predicted molar refractivity (Wildman–Crippen MR) is 100 cm³/mol. The van der Waals surface area contributed by atoms with Crippen molar-refractivity contribution in [1.29, 1.82) is 0 Å². The van der Waals surface area contributed by atoms with E-state index in [0.717, 1.165) is 17.2 Å². The van der Waals surface area contributed by atoms with Gasteiger partial charge in [-0.25, -0.2) is 4.63 Å². The fourth-order valence-electron chi connectivity index (χ4n) is 2.84. The highest BCUT2D eigenvalue weighted by atomic mass is 16.6. The summed E-state index contributed by atoms with van der Waals surface area (Å²) in [5.74, 6) is 0. The second kappa shape index (κ2) is 6.76. The van der Waals surface area contributed by atoms with E-state index in [-0.39, 0.29) is 16.7 Å². The lowest BCUT2D eigenvalue weighted by Crippen LogP contribution is -2.01. The van der Waals surface area contributed by atoms with Gasteiger partial charge in [-0.3, -0.25) is 20.2 Å². The summed E-state index contributed by atoms with van der Waals surface area (Å²) in [4.78, 5) is 21.2. The molecule has 0 spiro atoms. The number of aromatic nitrogens is 2. The Bertz CT molecular complexity index is 1190. The number of non-ortho nitro benzene ring substituents is 1. The Hall–Kier alpha value is -4.34. The van der Waals surface area contributed by atoms with Crippen molar-refractivity contribution in [2.45, 2.75) is 0 Å². The summed E-state index contributed by atoms with van der Waals surface area (Å²) in [6.45, 7) is 0. The standard InChI is InChI=1S/C18H11N5O5/c24-22(25)14-10-15(23(26)27)17-18(21-28-20-17)16(14)19-13-8-6-12(7-9-13)11-4-2-1-3-5-11/h1-10,19H. The van der Waals surface area contributed by atoms with E-state index in [9.17, 15) is 20.2 Å². The number of benzene rings is 3. The van der Waals surface area contributed by atoms with E-state index in [1.807, 2.05) is 42.5 Å². The summed E-state index contributed by atoms with van der Waals surface area (Å²) in [6.07, 6.45) is 0. The highest BCUT2D eigenvalue weighted by Gasteiger charge is 2.29. The van der Waals surface area contributed by atoms with E-state index in [0.29, 0.717) is 5.69 Å². The zero-order chi connectivity index (χ0) is 19.7. The van der Waals surface area contributed by atoms with Crippen molar-refractivity contribution in [3.63, 3.8) is 0 Å². The Labute approximate surface area is 156 Å². The fraction of sp³-hybridized carbons (Fsp3) is 0. The molecule has 0 saturated heterocycles. The normalized spacial score (nSPS) is 10.7. The van der Waals surface area contributed by atoms with Crippen LogP contribution in [0.5, 0.6) is 0 Å². The molecule has 0 aliphatic heterocycles. The third-order valence-electron chi connectivity index (χ3n) is 4.15. The molecule has 0 aliphatic carbocycles. The first-order valence-electron chi connectivity index (χ1n) is 8.05. The molecule has 4 aromatic rings. The van der Waals surface area contributed by atoms with Gasteiger partial charge in [0.1, 0.15) is 5.69 Å². The molecule has 3 aromatic carbocycles. The van der Waals surface area contributed by atoms with Gasteiger partial charge in [0.2, 0.25) is 5.52 Å². The van der Waals surface area contributed by atoms with Crippen molar-refractivity contribution in [3.05, 3.63) is 80.9 Å². The van der Waals surface area contributed by atoms with Crippen LogP contribution in [0.4, 0.5) is 22.7 Å². The lowest BCUT2D eigenvalue weighted by atomic mass is 10.1. The van der Waals surface area contributed by atoms with Crippen molar-refractivity contribution in [3.8, 4) is 11.1 Å². The van der Waals surface area contributed by atoms with E-state index >= 15 is 0 Å². The van der Waals surface area contributed by atoms with Crippen molar-refractivity contribution >= 4 is 33.8 Å². The van der Waals surface area contributed by atoms with Gasteiger partial charge in [0, 0.05) is 5.69 Å². The SMILES string of the molecule is O=[N+]([O-])c1cc([N+](=O)[O-])c2nonc2c1Nc1ccc(-c2ccccc2)cc1. The second-order valence-electron chi connectivity index (χ2n) is 5.83. The predicted octanol–water partition coefficient (Wildman–Crippen LogP) is 4.45. The monoisotopic (exact) mass is 377 g/mol. The van der Waals surface area contributed by atoms with E-state index in [2.05, 4.69) is 20.3 Å². The van der Waals surface area contributed by atoms with Gasteiger partial charge in [0.25, 0.3) is 0 Å². The Balaban J connectivity index is 1.76. The minimum atomic E-state index is -0.766. The summed E-state index contributed by atoms with van der Waals surface area (Å²) in [5, 5.41) is 32.7. The number of nitro groups is 2. The first kappa shape index (κ1) is 17.1. The zero-order valence-electron chi connectivity index (χ0n) is 14.1. The summed E-state index contributed by atoms with van der Waals surface area (Å²) in [5.41, 5.74) is 1.21. The van der Waals surface area contributed by atoms with E-state index in [1.165, 1.54) is 0 Å². The topological polar surface area (TPSA) is 137 Å². The Morgan fingerprint density at radius 1 is 0.786 bits per heavy atom. The van der Waals surface area contributed by atoms with Crippen LogP contribution in [0.25, 0.3) is 22.2 Å². The first-order chi connectivity index (χ1) is 13.5. The third-order valence-corrected chi connectivity index (χ3v) is 4.15. The minimum absolute atomic E-state index is 0.0284. The van der Waals surface area contributed by atoms with Crippen molar-refractivity contribution in [2.24, 2.45) is 0 Å². The van der Waals surface area contributed by atoms with Gasteiger partial charge in [-0.1, -0.05) is 42.5 Å². The number of rotatable bonds is 5. The number of anilines is 2. The van der Waals surface area contributed by atoms with Gasteiger partial charge in [-0.05, 0) is 33.6 Å². The lowest BCUT2D eigenvalue weighted by Gasteiger charge is -2.08. The largest absolute Gasteiger partial charge is 0.348 e. The Morgan fingerprint density at radius 2 is 1.39 bits per heavy atom. The number of fused-ring (bicyclic) bond motifs is 1. The number of nitro benzene ring substituents is 2. The van der Waals surface area contributed by atoms with Crippen LogP contribution < -0.4 is 5.32 Å². The van der Waals surface area contributed by atoms with E-state index in [4.69, 9.17) is 0 Å². The van der Waals surface area contributed by atoms with Gasteiger partial charge in [0.05, 0.1) is 15.9 Å². The number of nitrogens with zero attached hydrogens (tertiary/aromatic N) is 4. The van der Waals surface area contributed by atoms with Gasteiger partial charge in [0.15, 0.2) is 5.52 Å². The molecule has 0 bridgehead atoms. The molecule has 10 heteroatoms. The number of nitrogens with one attached hydrogen (secondary N) is 1.